The molecule has 0 atom stereocenters. The van der Waals surface area contributed by atoms with Gasteiger partial charge in [0, 0.05) is 6.92 Å². The molecule has 0 unspecified atom stereocenters. The van der Waals surface area contributed by atoms with Crippen molar-refractivity contribution in [2.45, 2.75) is 46.0 Å². The molecular weight excluding hydrogens is 262 g/mol. The number of nitrogens with zero attached hydrogens (tertiary/aromatic N) is 1. The number of ether oxygens (including phenoxy) is 1. The number of oxime groups is 1. The van der Waals surface area contributed by atoms with E-state index in [1.165, 1.54) is 19.8 Å². The van der Waals surface area contributed by atoms with Gasteiger partial charge in [-0.05, 0) is 12.8 Å². The Balaban J connectivity index is 3.74. The number of hydrogen-bond acceptors (Lipinski definition) is 4. The second kappa shape index (κ2) is 9.96. The van der Waals surface area contributed by atoms with E-state index in [0.29, 0.717) is 0 Å². The number of halogens is 1. The molecule has 0 spiro atoms. The van der Waals surface area contributed by atoms with E-state index in [-0.39, 0.29) is 12.6 Å². The van der Waals surface area contributed by atoms with Crippen LogP contribution >= 0.6 is 16.3 Å². The lowest BCUT2D eigenvalue weighted by Crippen LogP contribution is -2.12. The quantitative estimate of drug-likeness (QED) is 0.297. The van der Waals surface area contributed by atoms with Crippen LogP contribution in [0.1, 0.15) is 46.0 Å². The maximum absolute atomic E-state index is 10.6. The molecule has 15 heavy (non-hydrogen) atoms. The number of carbonyl (C=O) groups excluding carboxylic acids is 1. The zero-order chi connectivity index (χ0) is 11.5. The van der Waals surface area contributed by atoms with Crippen molar-refractivity contribution in [1.29, 1.82) is 0 Å². The van der Waals surface area contributed by atoms with Gasteiger partial charge in [0.1, 0.15) is 6.61 Å². The minimum atomic E-state index is -0.300. The van der Waals surface area contributed by atoms with Crippen molar-refractivity contribution in [3.05, 3.63) is 0 Å². The third-order valence-corrected chi connectivity index (χ3v) is 2.07. The fraction of sp³-hybridized carbons (Fsp3) is 0.800. The summed E-state index contributed by atoms with van der Waals surface area (Å²) in [5.74, 6) is -0.300. The molecule has 0 amide bonds. The third-order valence-electron chi connectivity index (χ3n) is 1.92. The van der Waals surface area contributed by atoms with Gasteiger partial charge in [0.05, 0.1) is 5.71 Å². The molecule has 0 heterocycles. The molecule has 0 saturated carbocycles. The first kappa shape index (κ1) is 14.4. The van der Waals surface area contributed by atoms with Crippen LogP contribution in [0.15, 0.2) is 5.16 Å². The Bertz CT molecular complexity index is 207. The summed E-state index contributed by atoms with van der Waals surface area (Å²) in [6.45, 7) is 3.76. The first-order valence-corrected chi connectivity index (χ1v) is 5.82. The van der Waals surface area contributed by atoms with E-state index in [2.05, 4.69) is 32.3 Å². The lowest BCUT2D eigenvalue weighted by atomic mass is 10.1. The molecular formula is C10H18BrNO3. The second-order valence-electron chi connectivity index (χ2n) is 3.32. The van der Waals surface area contributed by atoms with Crippen molar-refractivity contribution in [2.24, 2.45) is 5.16 Å². The zero-order valence-electron chi connectivity index (χ0n) is 9.29. The topological polar surface area (TPSA) is 47.9 Å². The van der Waals surface area contributed by atoms with Crippen LogP contribution in [0.5, 0.6) is 0 Å². The standard InChI is InChI=1S/C10H18BrNO3/c1-3-4-5-6-7-10(12-15-11)8-14-9(2)13/h3-8H2,1-2H3/b12-10-. The van der Waals surface area contributed by atoms with E-state index in [4.69, 9.17) is 4.74 Å². The summed E-state index contributed by atoms with van der Waals surface area (Å²) in [5.41, 5.74) is 0.748. The van der Waals surface area contributed by atoms with Crippen molar-refractivity contribution in [1.82, 2.24) is 0 Å². The van der Waals surface area contributed by atoms with Crippen LogP contribution in [0.3, 0.4) is 0 Å². The Labute approximate surface area is 99.5 Å². The predicted octanol–water partition coefficient (Wildman–Crippen LogP) is 3.20. The Morgan fingerprint density at radius 3 is 2.60 bits per heavy atom. The van der Waals surface area contributed by atoms with Crippen LogP contribution in [0, 0.1) is 0 Å². The van der Waals surface area contributed by atoms with Gasteiger partial charge in [0.2, 0.25) is 16.3 Å². The van der Waals surface area contributed by atoms with E-state index < -0.39 is 0 Å². The van der Waals surface area contributed by atoms with Gasteiger partial charge in [-0.3, -0.25) is 4.79 Å². The number of rotatable bonds is 8. The van der Waals surface area contributed by atoms with Crippen molar-refractivity contribution >= 4 is 27.9 Å². The first-order chi connectivity index (χ1) is 7.20. The summed E-state index contributed by atoms with van der Waals surface area (Å²) in [7, 11) is 0. The molecule has 0 aliphatic rings. The minimum absolute atomic E-state index is 0.215. The van der Waals surface area contributed by atoms with Crippen molar-refractivity contribution in [3.63, 3.8) is 0 Å². The van der Waals surface area contributed by atoms with E-state index >= 15 is 0 Å². The molecule has 0 aliphatic carbocycles. The van der Waals surface area contributed by atoms with Gasteiger partial charge >= 0.3 is 5.97 Å². The molecule has 0 radical (unpaired) electrons. The molecule has 0 aromatic rings. The highest BCUT2D eigenvalue weighted by Crippen LogP contribution is 2.05. The van der Waals surface area contributed by atoms with E-state index in [1.807, 2.05) is 0 Å². The summed E-state index contributed by atoms with van der Waals surface area (Å²) in [4.78, 5) is 10.6. The average molecular weight is 280 g/mol. The van der Waals surface area contributed by atoms with E-state index in [1.54, 1.807) is 0 Å². The summed E-state index contributed by atoms with van der Waals surface area (Å²) in [6.07, 6.45) is 5.43. The van der Waals surface area contributed by atoms with Gasteiger partial charge in [-0.1, -0.05) is 31.3 Å². The van der Waals surface area contributed by atoms with Crippen LogP contribution < -0.4 is 0 Å². The number of hydrogen-bond donors (Lipinski definition) is 0. The SMILES string of the molecule is CCCCCC/C(COC(C)=O)=N/OBr. The maximum Gasteiger partial charge on any atom is 0.303 e. The minimum Gasteiger partial charge on any atom is -0.460 e. The molecule has 4 nitrogen and oxygen atoms in total. The predicted molar refractivity (Wildman–Crippen MR) is 62.8 cm³/mol. The van der Waals surface area contributed by atoms with Crippen molar-refractivity contribution in [2.75, 3.05) is 6.61 Å². The monoisotopic (exact) mass is 279 g/mol. The summed E-state index contributed by atoms with van der Waals surface area (Å²) in [6, 6.07) is 0. The second-order valence-corrected chi connectivity index (χ2v) is 3.61. The van der Waals surface area contributed by atoms with E-state index in [0.717, 1.165) is 25.0 Å². The lowest BCUT2D eigenvalue weighted by Gasteiger charge is -2.04. The summed E-state index contributed by atoms with van der Waals surface area (Å²) >= 11 is 2.75. The van der Waals surface area contributed by atoms with Gasteiger partial charge in [-0.25, -0.2) is 0 Å². The zero-order valence-corrected chi connectivity index (χ0v) is 10.9. The maximum atomic E-state index is 10.6. The molecule has 0 N–H and O–H groups in total. The highest BCUT2D eigenvalue weighted by molar-refractivity contribution is 9.05. The Kier molecular flexibility index (Phi) is 9.57. The molecule has 0 fully saturated rings. The van der Waals surface area contributed by atoms with Crippen LogP contribution in [-0.2, 0) is 13.5 Å². The number of unbranched alkanes of at least 4 members (excludes halogenated alkanes) is 3. The molecule has 0 aromatic heterocycles. The largest absolute Gasteiger partial charge is 0.460 e. The highest BCUT2D eigenvalue weighted by atomic mass is 79.9. The molecule has 0 aliphatic heterocycles. The van der Waals surface area contributed by atoms with Gasteiger partial charge in [-0.15, -0.1) is 0 Å². The normalized spacial score (nSPS) is 11.3. The van der Waals surface area contributed by atoms with Crippen molar-refractivity contribution < 1.29 is 13.5 Å². The lowest BCUT2D eigenvalue weighted by molar-refractivity contribution is -0.139. The molecule has 0 saturated heterocycles. The molecule has 88 valence electrons. The number of esters is 1. The van der Waals surface area contributed by atoms with Gasteiger partial charge < -0.3 is 8.67 Å². The van der Waals surface area contributed by atoms with Crippen LogP contribution in [0.2, 0.25) is 0 Å². The third kappa shape index (κ3) is 9.72. The molecule has 0 aromatic carbocycles. The summed E-state index contributed by atoms with van der Waals surface area (Å²) < 4.78 is 9.35. The first-order valence-electron chi connectivity index (χ1n) is 5.17. The Morgan fingerprint density at radius 2 is 2.07 bits per heavy atom. The average Bonchev–Trinajstić information content (AvgIpc) is 2.20. The molecule has 0 bridgehead atoms. The van der Waals surface area contributed by atoms with Gasteiger partial charge in [0.15, 0.2) is 0 Å². The Hall–Kier alpha value is -0.580. The fourth-order valence-electron chi connectivity index (χ4n) is 1.13. The van der Waals surface area contributed by atoms with Crippen LogP contribution in [0.4, 0.5) is 0 Å². The summed E-state index contributed by atoms with van der Waals surface area (Å²) in [5, 5.41) is 3.75. The Morgan fingerprint density at radius 1 is 1.33 bits per heavy atom. The van der Waals surface area contributed by atoms with E-state index in [9.17, 15) is 4.79 Å². The number of carbonyl (C=O) groups is 1. The smallest absolute Gasteiger partial charge is 0.303 e. The fourth-order valence-corrected chi connectivity index (χ4v) is 1.34. The molecule has 0 rings (SSSR count). The van der Waals surface area contributed by atoms with Gasteiger partial charge in [-0.2, -0.15) is 0 Å². The van der Waals surface area contributed by atoms with Crippen LogP contribution in [0.25, 0.3) is 0 Å². The highest BCUT2D eigenvalue weighted by Gasteiger charge is 2.03. The van der Waals surface area contributed by atoms with Crippen molar-refractivity contribution in [3.8, 4) is 0 Å². The van der Waals surface area contributed by atoms with Gasteiger partial charge in [0.25, 0.3) is 0 Å². The molecule has 5 heteroatoms. The van der Waals surface area contributed by atoms with Crippen LogP contribution in [-0.4, -0.2) is 18.3 Å².